The molecule has 0 spiro atoms. The van der Waals surface area contributed by atoms with E-state index in [0.717, 1.165) is 27.9 Å². The van der Waals surface area contributed by atoms with Gasteiger partial charge in [-0.25, -0.2) is 15.0 Å². The van der Waals surface area contributed by atoms with Crippen LogP contribution in [0.4, 0.5) is 11.4 Å². The van der Waals surface area contributed by atoms with E-state index in [1.54, 1.807) is 0 Å². The Morgan fingerprint density at radius 3 is 1.77 bits per heavy atom. The average molecular weight is 667 g/mol. The lowest BCUT2D eigenvalue weighted by Crippen LogP contribution is -2.21. The molecule has 1 aliphatic heterocycles. The van der Waals surface area contributed by atoms with E-state index in [1.807, 2.05) is 60.7 Å². The average Bonchev–Trinajstić information content (AvgIpc) is 3.44. The predicted octanol–water partition coefficient (Wildman–Crippen LogP) is 12.1. The molecule has 1 aliphatic carbocycles. The van der Waals surface area contributed by atoms with Crippen molar-refractivity contribution in [2.24, 2.45) is 0 Å². The van der Waals surface area contributed by atoms with Crippen LogP contribution in [-0.4, -0.2) is 15.0 Å². The van der Waals surface area contributed by atoms with Crippen molar-refractivity contribution in [1.82, 2.24) is 15.0 Å². The van der Waals surface area contributed by atoms with Gasteiger partial charge >= 0.3 is 0 Å². The Balaban J connectivity index is 1.17. The van der Waals surface area contributed by atoms with Crippen LogP contribution in [0.3, 0.4) is 0 Å². The Kier molecular flexibility index (Phi) is 6.80. The van der Waals surface area contributed by atoms with Crippen molar-refractivity contribution >= 4 is 28.2 Å². The largest absolute Gasteiger partial charge is 0.316 e. The van der Waals surface area contributed by atoms with Crippen molar-refractivity contribution in [3.63, 3.8) is 0 Å². The van der Waals surface area contributed by atoms with E-state index in [9.17, 15) is 0 Å². The molecule has 7 aromatic carbocycles. The highest BCUT2D eigenvalue weighted by Crippen LogP contribution is 2.58. The zero-order valence-electron chi connectivity index (χ0n) is 29.0. The minimum absolute atomic E-state index is 0.240. The summed E-state index contributed by atoms with van der Waals surface area (Å²) in [5, 5.41) is 2.55. The Labute approximate surface area is 303 Å². The summed E-state index contributed by atoms with van der Waals surface area (Å²) in [6, 6.07) is 55.6. The molecule has 0 bridgehead atoms. The fourth-order valence-electron chi connectivity index (χ4n) is 8.21. The molecule has 0 radical (unpaired) electrons. The monoisotopic (exact) mass is 666 g/mol. The van der Waals surface area contributed by atoms with Crippen molar-refractivity contribution in [1.29, 1.82) is 0 Å². The highest BCUT2D eigenvalue weighted by molar-refractivity contribution is 6.12. The van der Waals surface area contributed by atoms with Gasteiger partial charge in [-0.2, -0.15) is 0 Å². The van der Waals surface area contributed by atoms with E-state index in [1.165, 1.54) is 49.8 Å². The third-order valence-corrected chi connectivity index (χ3v) is 10.6. The SMILES string of the molecule is CC1(C)c2cccc(-c3cccc(-c4nc(-c5ccccc5)nc(-c5ccccc5)n4)c3)c2-c2cc3cccc4c3c(c21)N(c1ccccc1)C=C4. The first-order valence-electron chi connectivity index (χ1n) is 17.8. The molecule has 246 valence electrons. The Hall–Kier alpha value is -6.65. The van der Waals surface area contributed by atoms with Crippen LogP contribution in [0.2, 0.25) is 0 Å². The van der Waals surface area contributed by atoms with Gasteiger partial charge in [0.25, 0.3) is 0 Å². The number of anilines is 2. The number of para-hydroxylation sites is 1. The fourth-order valence-corrected chi connectivity index (χ4v) is 8.21. The molecule has 0 amide bonds. The molecule has 2 aliphatic rings. The van der Waals surface area contributed by atoms with Gasteiger partial charge in [-0.3, -0.25) is 0 Å². The molecule has 8 aromatic rings. The topological polar surface area (TPSA) is 41.9 Å². The maximum atomic E-state index is 5.04. The van der Waals surface area contributed by atoms with Crippen molar-refractivity contribution in [2.45, 2.75) is 19.3 Å². The lowest BCUT2D eigenvalue weighted by atomic mass is 9.79. The number of benzene rings is 7. The Morgan fingerprint density at radius 1 is 0.500 bits per heavy atom. The first-order valence-corrected chi connectivity index (χ1v) is 17.8. The smallest absolute Gasteiger partial charge is 0.164 e. The van der Waals surface area contributed by atoms with Crippen LogP contribution >= 0.6 is 0 Å². The molecule has 1 aromatic heterocycles. The molecule has 0 atom stereocenters. The van der Waals surface area contributed by atoms with Crippen LogP contribution in [0.15, 0.2) is 164 Å². The third kappa shape index (κ3) is 4.72. The van der Waals surface area contributed by atoms with Crippen molar-refractivity contribution < 1.29 is 0 Å². The normalized spacial score (nSPS) is 13.6. The van der Waals surface area contributed by atoms with Gasteiger partial charge in [0.2, 0.25) is 0 Å². The lowest BCUT2D eigenvalue weighted by molar-refractivity contribution is 0.661. The van der Waals surface area contributed by atoms with Crippen molar-refractivity contribution in [3.8, 4) is 56.4 Å². The summed E-state index contributed by atoms with van der Waals surface area (Å²) in [5.41, 5.74) is 13.9. The second-order valence-electron chi connectivity index (χ2n) is 14.1. The summed E-state index contributed by atoms with van der Waals surface area (Å²) in [7, 11) is 0. The van der Waals surface area contributed by atoms with E-state index >= 15 is 0 Å². The number of nitrogens with zero attached hydrogens (tertiary/aromatic N) is 4. The second kappa shape index (κ2) is 11.7. The molecule has 4 nitrogen and oxygen atoms in total. The predicted molar refractivity (Wildman–Crippen MR) is 214 cm³/mol. The maximum absolute atomic E-state index is 5.04. The standard InChI is InChI=1S/C48H34N4/c1-48(2)40-26-14-25-38(42(40)39-30-35-21-12-19-31-27-28-52(37-23-10-5-11-24-37)44(41(31)35)43(39)48)34-20-13-22-36(29-34)47-50-45(32-15-6-3-7-16-32)49-46(51-47)33-17-8-4-9-18-33/h3-30H,1-2H3. The van der Waals surface area contributed by atoms with Gasteiger partial charge in [0.05, 0.1) is 5.69 Å². The summed E-state index contributed by atoms with van der Waals surface area (Å²) in [4.78, 5) is 17.4. The number of hydrogen-bond acceptors (Lipinski definition) is 4. The number of rotatable bonds is 5. The summed E-state index contributed by atoms with van der Waals surface area (Å²) >= 11 is 0. The van der Waals surface area contributed by atoms with Crippen LogP contribution in [0, 0.1) is 0 Å². The lowest BCUT2D eigenvalue weighted by Gasteiger charge is -2.33. The van der Waals surface area contributed by atoms with Gasteiger partial charge in [0, 0.05) is 39.4 Å². The zero-order valence-corrected chi connectivity index (χ0v) is 29.0. The van der Waals surface area contributed by atoms with E-state index in [4.69, 9.17) is 15.0 Å². The van der Waals surface area contributed by atoms with E-state index < -0.39 is 0 Å². The van der Waals surface area contributed by atoms with Crippen LogP contribution in [-0.2, 0) is 5.41 Å². The molecule has 0 unspecified atom stereocenters. The Morgan fingerprint density at radius 2 is 1.08 bits per heavy atom. The van der Waals surface area contributed by atoms with Crippen molar-refractivity contribution in [2.75, 3.05) is 4.90 Å². The molecule has 0 N–H and O–H groups in total. The molecule has 4 heteroatoms. The first-order chi connectivity index (χ1) is 25.5. The zero-order chi connectivity index (χ0) is 34.8. The molecular weight excluding hydrogens is 633 g/mol. The molecular formula is C48H34N4. The molecule has 0 fully saturated rings. The van der Waals surface area contributed by atoms with Crippen LogP contribution in [0.1, 0.15) is 30.5 Å². The highest BCUT2D eigenvalue weighted by atomic mass is 15.1. The molecule has 52 heavy (non-hydrogen) atoms. The summed E-state index contributed by atoms with van der Waals surface area (Å²) in [6.45, 7) is 4.76. The minimum atomic E-state index is -0.240. The molecule has 2 heterocycles. The summed E-state index contributed by atoms with van der Waals surface area (Å²) < 4.78 is 0. The fraction of sp³-hybridized carbons (Fsp3) is 0.0625. The van der Waals surface area contributed by atoms with Gasteiger partial charge < -0.3 is 4.90 Å². The summed E-state index contributed by atoms with van der Waals surface area (Å²) in [5.74, 6) is 1.96. The van der Waals surface area contributed by atoms with Gasteiger partial charge in [0.1, 0.15) is 0 Å². The molecule has 0 saturated carbocycles. The van der Waals surface area contributed by atoms with Crippen LogP contribution in [0.25, 0.3) is 73.3 Å². The van der Waals surface area contributed by atoms with Gasteiger partial charge in [-0.1, -0.05) is 147 Å². The van der Waals surface area contributed by atoms with Gasteiger partial charge in [0.15, 0.2) is 17.5 Å². The third-order valence-electron chi connectivity index (χ3n) is 10.6. The van der Waals surface area contributed by atoms with Gasteiger partial charge in [-0.15, -0.1) is 0 Å². The second-order valence-corrected chi connectivity index (χ2v) is 14.1. The maximum Gasteiger partial charge on any atom is 0.164 e. The summed E-state index contributed by atoms with van der Waals surface area (Å²) in [6.07, 6.45) is 4.48. The number of fused-ring (bicyclic) bond motifs is 4. The molecule has 0 saturated heterocycles. The van der Waals surface area contributed by atoms with Gasteiger partial charge in [-0.05, 0) is 74.7 Å². The van der Waals surface area contributed by atoms with Crippen LogP contribution < -0.4 is 4.90 Å². The first kappa shape index (κ1) is 30.2. The Bertz CT molecular complexity index is 2640. The van der Waals surface area contributed by atoms with Crippen LogP contribution in [0.5, 0.6) is 0 Å². The van der Waals surface area contributed by atoms with E-state index in [-0.39, 0.29) is 5.41 Å². The van der Waals surface area contributed by atoms with E-state index in [0.29, 0.717) is 17.5 Å². The minimum Gasteiger partial charge on any atom is -0.316 e. The number of aromatic nitrogens is 3. The molecule has 10 rings (SSSR count). The van der Waals surface area contributed by atoms with E-state index in [2.05, 4.69) is 128 Å². The quantitative estimate of drug-likeness (QED) is 0.183. The number of hydrogen-bond donors (Lipinski definition) is 0. The van der Waals surface area contributed by atoms with Crippen molar-refractivity contribution in [3.05, 3.63) is 181 Å². The highest BCUT2D eigenvalue weighted by Gasteiger charge is 2.41.